The van der Waals surface area contributed by atoms with E-state index in [9.17, 15) is 4.79 Å². The highest BCUT2D eigenvalue weighted by Gasteiger charge is 2.16. The zero-order valence-corrected chi connectivity index (χ0v) is 9.80. The van der Waals surface area contributed by atoms with Gasteiger partial charge in [0.15, 0.2) is 11.6 Å². The summed E-state index contributed by atoms with van der Waals surface area (Å²) in [5, 5.41) is 9.03. The number of aromatic nitrogens is 2. The number of imidazole rings is 1. The third-order valence-electron chi connectivity index (χ3n) is 2.37. The van der Waals surface area contributed by atoms with Crippen LogP contribution in [0.4, 0.5) is 5.95 Å². The van der Waals surface area contributed by atoms with Gasteiger partial charge < -0.3 is 20.6 Å². The molecular weight excluding hydrogens is 234 g/mol. The van der Waals surface area contributed by atoms with Gasteiger partial charge >= 0.3 is 5.97 Å². The second-order valence-corrected chi connectivity index (χ2v) is 3.61. The third kappa shape index (κ3) is 2.27. The first kappa shape index (κ1) is 12.0. The molecule has 0 unspecified atom stereocenters. The molecule has 94 valence electrons. The molecule has 0 atom stereocenters. The van der Waals surface area contributed by atoms with Gasteiger partial charge in [-0.15, -0.1) is 0 Å². The highest BCUT2D eigenvalue weighted by molar-refractivity contribution is 5.93. The van der Waals surface area contributed by atoms with Crippen LogP contribution >= 0.6 is 0 Å². The van der Waals surface area contributed by atoms with Crippen molar-refractivity contribution in [3.05, 3.63) is 30.0 Å². The zero-order chi connectivity index (χ0) is 13.1. The van der Waals surface area contributed by atoms with Gasteiger partial charge in [-0.2, -0.15) is 0 Å². The molecule has 0 aliphatic carbocycles. The molecule has 1 heterocycles. The quantitative estimate of drug-likeness (QED) is 0.764. The molecule has 1 aromatic carbocycles. The number of ether oxygens (including phenoxy) is 1. The highest BCUT2D eigenvalue weighted by atomic mass is 16.5. The van der Waals surface area contributed by atoms with Crippen LogP contribution < -0.4 is 10.5 Å². The fourth-order valence-electron chi connectivity index (χ4n) is 1.63. The van der Waals surface area contributed by atoms with E-state index in [4.69, 9.17) is 15.6 Å². The molecule has 0 radical (unpaired) electrons. The Morgan fingerprint density at radius 2 is 2.11 bits per heavy atom. The Labute approximate surface area is 103 Å². The van der Waals surface area contributed by atoms with Gasteiger partial charge in [0.1, 0.15) is 11.4 Å². The number of nitrogens with two attached hydrogens (primary N) is 1. The summed E-state index contributed by atoms with van der Waals surface area (Å²) < 4.78 is 5.31. The average molecular weight is 247 g/mol. The maximum absolute atomic E-state index is 11.0. The van der Waals surface area contributed by atoms with Gasteiger partial charge in [0.25, 0.3) is 0 Å². The van der Waals surface area contributed by atoms with E-state index < -0.39 is 5.97 Å². The molecule has 0 saturated carbocycles. The molecule has 6 nitrogen and oxygen atoms in total. The first-order valence-corrected chi connectivity index (χ1v) is 5.43. The summed E-state index contributed by atoms with van der Waals surface area (Å²) in [6.07, 6.45) is 0. The van der Waals surface area contributed by atoms with Crippen LogP contribution in [-0.4, -0.2) is 27.7 Å². The number of benzene rings is 1. The summed E-state index contributed by atoms with van der Waals surface area (Å²) >= 11 is 0. The predicted molar refractivity (Wildman–Crippen MR) is 66.6 cm³/mol. The first-order chi connectivity index (χ1) is 8.61. The van der Waals surface area contributed by atoms with Crippen LogP contribution in [-0.2, 0) is 0 Å². The number of carboxylic acid groups (broad SMARTS) is 1. The van der Waals surface area contributed by atoms with Crippen molar-refractivity contribution in [1.82, 2.24) is 9.97 Å². The third-order valence-corrected chi connectivity index (χ3v) is 2.37. The molecule has 1 aromatic heterocycles. The predicted octanol–water partition coefficient (Wildman–Crippen LogP) is 1.76. The summed E-state index contributed by atoms with van der Waals surface area (Å²) in [5.74, 6) is -0.291. The van der Waals surface area contributed by atoms with Crippen molar-refractivity contribution < 1.29 is 14.6 Å². The molecule has 18 heavy (non-hydrogen) atoms. The van der Waals surface area contributed by atoms with Gasteiger partial charge in [-0.1, -0.05) is 0 Å². The molecule has 0 aliphatic heterocycles. The van der Waals surface area contributed by atoms with Crippen molar-refractivity contribution in [1.29, 1.82) is 0 Å². The summed E-state index contributed by atoms with van der Waals surface area (Å²) in [6, 6.07) is 7.00. The largest absolute Gasteiger partial charge is 0.494 e. The normalized spacial score (nSPS) is 10.3. The topological polar surface area (TPSA) is 101 Å². The van der Waals surface area contributed by atoms with Gasteiger partial charge in [-0.3, -0.25) is 0 Å². The summed E-state index contributed by atoms with van der Waals surface area (Å²) in [7, 11) is 0. The van der Waals surface area contributed by atoms with Crippen molar-refractivity contribution in [2.75, 3.05) is 12.3 Å². The van der Waals surface area contributed by atoms with E-state index >= 15 is 0 Å². The number of nitrogens with zero attached hydrogens (tertiary/aromatic N) is 1. The molecule has 0 saturated heterocycles. The van der Waals surface area contributed by atoms with E-state index in [-0.39, 0.29) is 11.6 Å². The van der Waals surface area contributed by atoms with Crippen molar-refractivity contribution in [2.45, 2.75) is 6.92 Å². The second kappa shape index (κ2) is 4.79. The van der Waals surface area contributed by atoms with E-state index in [1.54, 1.807) is 24.3 Å². The van der Waals surface area contributed by atoms with Gasteiger partial charge in [0.2, 0.25) is 0 Å². The number of nitrogen functional groups attached to an aromatic ring is 1. The van der Waals surface area contributed by atoms with E-state index in [2.05, 4.69) is 9.97 Å². The SMILES string of the molecule is CCOc1ccc(-c2nc(N)[nH]c2C(=O)O)cc1. The Morgan fingerprint density at radius 1 is 1.44 bits per heavy atom. The molecule has 0 amide bonds. The van der Waals surface area contributed by atoms with Gasteiger partial charge in [-0.05, 0) is 31.2 Å². The monoisotopic (exact) mass is 247 g/mol. The van der Waals surface area contributed by atoms with Crippen LogP contribution in [0.3, 0.4) is 0 Å². The minimum absolute atomic E-state index is 0.0170. The number of carbonyl (C=O) groups is 1. The number of hydrogen-bond acceptors (Lipinski definition) is 4. The number of aromatic carboxylic acids is 1. The van der Waals surface area contributed by atoms with E-state index in [0.29, 0.717) is 17.9 Å². The second-order valence-electron chi connectivity index (χ2n) is 3.61. The van der Waals surface area contributed by atoms with Gasteiger partial charge in [0, 0.05) is 5.56 Å². The molecule has 2 rings (SSSR count). The van der Waals surface area contributed by atoms with E-state index in [1.807, 2.05) is 6.92 Å². The van der Waals surface area contributed by atoms with Crippen molar-refractivity contribution in [2.24, 2.45) is 0 Å². The lowest BCUT2D eigenvalue weighted by molar-refractivity contribution is 0.0692. The number of rotatable bonds is 4. The molecule has 6 heteroatoms. The maximum Gasteiger partial charge on any atom is 0.354 e. The van der Waals surface area contributed by atoms with Crippen LogP contribution in [0.25, 0.3) is 11.3 Å². The minimum atomic E-state index is -1.09. The number of aromatic amines is 1. The highest BCUT2D eigenvalue weighted by Crippen LogP contribution is 2.24. The fraction of sp³-hybridized carbons (Fsp3) is 0.167. The lowest BCUT2D eigenvalue weighted by atomic mass is 10.1. The number of H-pyrrole nitrogens is 1. The van der Waals surface area contributed by atoms with E-state index in [0.717, 1.165) is 5.75 Å². The Hall–Kier alpha value is -2.50. The maximum atomic E-state index is 11.0. The molecule has 0 spiro atoms. The zero-order valence-electron chi connectivity index (χ0n) is 9.80. The van der Waals surface area contributed by atoms with Crippen molar-refractivity contribution in [3.8, 4) is 17.0 Å². The Bertz CT molecular complexity index is 560. The summed E-state index contributed by atoms with van der Waals surface area (Å²) in [5.41, 5.74) is 6.45. The van der Waals surface area contributed by atoms with Crippen molar-refractivity contribution >= 4 is 11.9 Å². The fourth-order valence-corrected chi connectivity index (χ4v) is 1.63. The Balaban J connectivity index is 2.39. The number of carboxylic acids is 1. The standard InChI is InChI=1S/C12H13N3O3/c1-2-18-8-5-3-7(4-6-8)9-10(11(16)17)15-12(13)14-9/h3-6H,2H2,1H3,(H,16,17)(H3,13,14,15). The van der Waals surface area contributed by atoms with E-state index in [1.165, 1.54) is 0 Å². The Morgan fingerprint density at radius 3 is 2.67 bits per heavy atom. The first-order valence-electron chi connectivity index (χ1n) is 5.43. The van der Waals surface area contributed by atoms with Crippen LogP contribution in [0.5, 0.6) is 5.75 Å². The molecule has 0 bridgehead atoms. The van der Waals surface area contributed by atoms with Gasteiger partial charge in [0.05, 0.1) is 6.61 Å². The lowest BCUT2D eigenvalue weighted by Gasteiger charge is -2.03. The molecule has 0 aliphatic rings. The van der Waals surface area contributed by atoms with Crippen LogP contribution in [0, 0.1) is 0 Å². The van der Waals surface area contributed by atoms with Crippen LogP contribution in [0.2, 0.25) is 0 Å². The molecular formula is C12H13N3O3. The molecule has 4 N–H and O–H groups in total. The number of anilines is 1. The molecule has 2 aromatic rings. The number of nitrogens with one attached hydrogen (secondary N) is 1. The van der Waals surface area contributed by atoms with Crippen molar-refractivity contribution in [3.63, 3.8) is 0 Å². The number of hydrogen-bond donors (Lipinski definition) is 3. The summed E-state index contributed by atoms with van der Waals surface area (Å²) in [6.45, 7) is 2.47. The van der Waals surface area contributed by atoms with Gasteiger partial charge in [-0.25, -0.2) is 9.78 Å². The molecule has 0 fully saturated rings. The minimum Gasteiger partial charge on any atom is -0.494 e. The summed E-state index contributed by atoms with van der Waals surface area (Å²) in [4.78, 5) is 17.5. The lowest BCUT2D eigenvalue weighted by Crippen LogP contribution is -1.99. The van der Waals surface area contributed by atoms with Crippen LogP contribution in [0.1, 0.15) is 17.4 Å². The smallest absolute Gasteiger partial charge is 0.354 e. The average Bonchev–Trinajstić information content (AvgIpc) is 2.73. The Kier molecular flexibility index (Phi) is 3.18. The van der Waals surface area contributed by atoms with Crippen LogP contribution in [0.15, 0.2) is 24.3 Å².